The predicted octanol–water partition coefficient (Wildman–Crippen LogP) is 3.41. The van der Waals surface area contributed by atoms with Gasteiger partial charge < -0.3 is 4.90 Å². The first kappa shape index (κ1) is 16.3. The molecule has 0 N–H and O–H groups in total. The van der Waals surface area contributed by atoms with Crippen molar-refractivity contribution in [1.29, 1.82) is 0 Å². The molecule has 3 heterocycles. The minimum Gasteiger partial charge on any atom is -0.347 e. The summed E-state index contributed by atoms with van der Waals surface area (Å²) in [5.41, 5.74) is 3.60. The first-order valence-corrected chi connectivity index (χ1v) is 9.67. The van der Waals surface area contributed by atoms with Gasteiger partial charge in [-0.05, 0) is 43.2 Å². The van der Waals surface area contributed by atoms with Crippen molar-refractivity contribution >= 4 is 21.4 Å². The van der Waals surface area contributed by atoms with Crippen LogP contribution in [0.1, 0.15) is 42.5 Å². The van der Waals surface area contributed by atoms with Crippen LogP contribution in [0.3, 0.4) is 0 Å². The number of anilines is 1. The Kier molecular flexibility index (Phi) is 4.29. The molecule has 0 bridgehead atoms. The van der Waals surface area contributed by atoms with Crippen molar-refractivity contribution in [2.24, 2.45) is 0 Å². The van der Waals surface area contributed by atoms with Crippen LogP contribution in [-0.2, 0) is 6.42 Å². The van der Waals surface area contributed by atoms with Crippen LogP contribution in [0, 0.1) is 6.92 Å². The number of rotatable bonds is 3. The van der Waals surface area contributed by atoms with Gasteiger partial charge in [-0.15, -0.1) is 5.10 Å². The molecule has 0 unspecified atom stereocenters. The fourth-order valence-electron chi connectivity index (χ4n) is 3.58. The summed E-state index contributed by atoms with van der Waals surface area (Å²) in [5, 5.41) is 5.42. The Bertz CT molecular complexity index is 953. The highest BCUT2D eigenvalue weighted by molar-refractivity contribution is 7.20. The maximum atomic E-state index is 12.2. The molecule has 25 heavy (non-hydrogen) atoms. The third kappa shape index (κ3) is 3.06. The summed E-state index contributed by atoms with van der Waals surface area (Å²) in [7, 11) is 0. The molecule has 2 aromatic heterocycles. The average molecular weight is 354 g/mol. The standard InChI is InChI=1S/C19H22N4OS/c1-3-15-12-17(24)23-18(20-15)25-19(21-23)22-10-8-14(9-11-22)16-7-5-4-6-13(16)2/h4-7,12,14H,3,8-11H2,1-2H3. The second kappa shape index (κ2) is 6.59. The van der Waals surface area contributed by atoms with Crippen molar-refractivity contribution in [1.82, 2.24) is 14.6 Å². The van der Waals surface area contributed by atoms with Crippen LogP contribution >= 0.6 is 11.3 Å². The molecule has 1 aliphatic rings. The van der Waals surface area contributed by atoms with Crippen LogP contribution in [-0.4, -0.2) is 27.7 Å². The van der Waals surface area contributed by atoms with Crippen LogP contribution in [0.4, 0.5) is 5.13 Å². The number of benzene rings is 1. The van der Waals surface area contributed by atoms with E-state index in [1.54, 1.807) is 6.07 Å². The van der Waals surface area contributed by atoms with E-state index in [4.69, 9.17) is 0 Å². The number of fused-ring (bicyclic) bond motifs is 1. The first-order chi connectivity index (χ1) is 12.2. The predicted molar refractivity (Wildman–Crippen MR) is 102 cm³/mol. The quantitative estimate of drug-likeness (QED) is 0.723. The number of aryl methyl sites for hydroxylation is 2. The molecule has 1 aliphatic heterocycles. The van der Waals surface area contributed by atoms with Gasteiger partial charge in [-0.2, -0.15) is 4.52 Å². The van der Waals surface area contributed by atoms with Crippen molar-refractivity contribution in [3.63, 3.8) is 0 Å². The van der Waals surface area contributed by atoms with Gasteiger partial charge in [0.25, 0.3) is 5.56 Å². The molecule has 6 heteroatoms. The lowest BCUT2D eigenvalue weighted by atomic mass is 9.87. The van der Waals surface area contributed by atoms with Gasteiger partial charge in [-0.1, -0.05) is 42.5 Å². The van der Waals surface area contributed by atoms with Crippen LogP contribution in [0.15, 0.2) is 35.1 Å². The molecule has 0 saturated carbocycles. The Morgan fingerprint density at radius 2 is 2.00 bits per heavy atom. The minimum absolute atomic E-state index is 0.0841. The van der Waals surface area contributed by atoms with E-state index in [0.29, 0.717) is 10.9 Å². The van der Waals surface area contributed by atoms with Gasteiger partial charge in [-0.3, -0.25) is 4.79 Å². The topological polar surface area (TPSA) is 50.5 Å². The van der Waals surface area contributed by atoms with E-state index < -0.39 is 0 Å². The highest BCUT2D eigenvalue weighted by Crippen LogP contribution is 2.33. The van der Waals surface area contributed by atoms with E-state index in [2.05, 4.69) is 46.2 Å². The largest absolute Gasteiger partial charge is 0.347 e. The monoisotopic (exact) mass is 354 g/mol. The molecule has 130 valence electrons. The Hall–Kier alpha value is -2.21. The summed E-state index contributed by atoms with van der Waals surface area (Å²) in [6.45, 7) is 6.14. The summed E-state index contributed by atoms with van der Waals surface area (Å²) in [6, 6.07) is 10.3. The second-order valence-corrected chi connectivity index (χ2v) is 7.57. The van der Waals surface area contributed by atoms with Crippen LogP contribution in [0.2, 0.25) is 0 Å². The zero-order valence-electron chi connectivity index (χ0n) is 14.6. The third-order valence-corrected chi connectivity index (χ3v) is 6.01. The molecule has 4 rings (SSSR count). The van der Waals surface area contributed by atoms with E-state index in [9.17, 15) is 4.79 Å². The molecule has 0 atom stereocenters. The van der Waals surface area contributed by atoms with Crippen molar-refractivity contribution in [3.8, 4) is 0 Å². The van der Waals surface area contributed by atoms with Gasteiger partial charge in [-0.25, -0.2) is 4.98 Å². The zero-order chi connectivity index (χ0) is 17.4. The molecule has 0 radical (unpaired) electrons. The lowest BCUT2D eigenvalue weighted by Gasteiger charge is -2.32. The SMILES string of the molecule is CCc1cc(=O)n2nc(N3CCC(c4ccccc4C)CC3)sc2n1. The van der Waals surface area contributed by atoms with Crippen molar-refractivity contribution < 1.29 is 0 Å². The first-order valence-electron chi connectivity index (χ1n) is 8.86. The number of hydrogen-bond acceptors (Lipinski definition) is 5. The summed E-state index contributed by atoms with van der Waals surface area (Å²) < 4.78 is 1.44. The Morgan fingerprint density at radius 3 is 2.72 bits per heavy atom. The molecule has 0 spiro atoms. The van der Waals surface area contributed by atoms with E-state index in [0.717, 1.165) is 43.2 Å². The summed E-state index contributed by atoms with van der Waals surface area (Å²) in [4.78, 5) is 19.7. The van der Waals surface area contributed by atoms with Gasteiger partial charge in [0.05, 0.1) is 0 Å². The Balaban J connectivity index is 1.55. The van der Waals surface area contributed by atoms with Crippen molar-refractivity contribution in [2.75, 3.05) is 18.0 Å². The van der Waals surface area contributed by atoms with E-state index in [1.807, 2.05) is 6.92 Å². The molecule has 1 fully saturated rings. The molecule has 0 aliphatic carbocycles. The fourth-order valence-corrected chi connectivity index (χ4v) is 4.56. The Morgan fingerprint density at radius 1 is 1.24 bits per heavy atom. The van der Waals surface area contributed by atoms with Crippen LogP contribution < -0.4 is 10.5 Å². The lowest BCUT2D eigenvalue weighted by molar-refractivity contribution is 0.502. The smallest absolute Gasteiger partial charge is 0.275 e. The maximum absolute atomic E-state index is 12.2. The summed E-state index contributed by atoms with van der Waals surface area (Å²) in [5.74, 6) is 0.611. The highest BCUT2D eigenvalue weighted by Gasteiger charge is 2.24. The van der Waals surface area contributed by atoms with Crippen molar-refractivity contribution in [3.05, 3.63) is 57.5 Å². The van der Waals surface area contributed by atoms with Gasteiger partial charge in [0.2, 0.25) is 10.1 Å². The van der Waals surface area contributed by atoms with E-state index in [1.165, 1.54) is 27.0 Å². The Labute approximate surface area is 151 Å². The van der Waals surface area contributed by atoms with Gasteiger partial charge in [0, 0.05) is 24.8 Å². The van der Waals surface area contributed by atoms with Crippen LogP contribution in [0.5, 0.6) is 0 Å². The molecule has 1 saturated heterocycles. The molecule has 1 aromatic carbocycles. The van der Waals surface area contributed by atoms with Gasteiger partial charge >= 0.3 is 0 Å². The highest BCUT2D eigenvalue weighted by atomic mass is 32.1. The fraction of sp³-hybridized carbons (Fsp3) is 0.421. The van der Waals surface area contributed by atoms with Crippen molar-refractivity contribution in [2.45, 2.75) is 39.0 Å². The molecule has 3 aromatic rings. The third-order valence-electron chi connectivity index (χ3n) is 5.04. The minimum atomic E-state index is -0.0841. The van der Waals surface area contributed by atoms with E-state index >= 15 is 0 Å². The number of aromatic nitrogens is 3. The summed E-state index contributed by atoms with van der Waals surface area (Å²) >= 11 is 1.51. The molecule has 0 amide bonds. The number of hydrogen-bond donors (Lipinski definition) is 0. The second-order valence-electron chi connectivity index (χ2n) is 6.64. The normalized spacial score (nSPS) is 15.8. The number of piperidine rings is 1. The van der Waals surface area contributed by atoms with Gasteiger partial charge in [0.1, 0.15) is 0 Å². The van der Waals surface area contributed by atoms with E-state index in [-0.39, 0.29) is 5.56 Å². The average Bonchev–Trinajstić information content (AvgIpc) is 3.07. The number of nitrogens with zero attached hydrogens (tertiary/aromatic N) is 4. The lowest BCUT2D eigenvalue weighted by Crippen LogP contribution is -2.33. The van der Waals surface area contributed by atoms with Gasteiger partial charge in [0.15, 0.2) is 0 Å². The molecule has 5 nitrogen and oxygen atoms in total. The maximum Gasteiger partial charge on any atom is 0.275 e. The van der Waals surface area contributed by atoms with Crippen LogP contribution in [0.25, 0.3) is 4.96 Å². The zero-order valence-corrected chi connectivity index (χ0v) is 15.4. The molecular formula is C19H22N4OS. The molecular weight excluding hydrogens is 332 g/mol. The summed E-state index contributed by atoms with van der Waals surface area (Å²) in [6.07, 6.45) is 2.99.